The Bertz CT molecular complexity index is 1120. The molecule has 0 spiro atoms. The van der Waals surface area contributed by atoms with E-state index in [2.05, 4.69) is 42.7 Å². The normalized spacial score (nSPS) is 39.9. The molecule has 8 atom stereocenters. The Morgan fingerprint density at radius 1 is 1.07 bits per heavy atom. The maximum Gasteiger partial charge on any atom is 0.259 e. The van der Waals surface area contributed by atoms with Crippen molar-refractivity contribution in [2.75, 3.05) is 13.2 Å². The smallest absolute Gasteiger partial charge is 0.259 e. The number of aliphatic hydroxyl groups excluding tert-OH is 2. The molecule has 226 valence electrons. The van der Waals surface area contributed by atoms with Gasteiger partial charge < -0.3 is 15.5 Å². The third-order valence-electron chi connectivity index (χ3n) is 11.6. The number of hydrogen-bond donors (Lipinski definition) is 4. The third-order valence-corrected chi connectivity index (χ3v) is 11.6. The Balaban J connectivity index is 1.22. The first kappa shape index (κ1) is 30.1. The molecule has 0 radical (unpaired) electrons. The Morgan fingerprint density at radius 3 is 2.49 bits per heavy atom. The van der Waals surface area contributed by atoms with Crippen LogP contribution in [-0.2, 0) is 14.4 Å². The van der Waals surface area contributed by atoms with Gasteiger partial charge in [-0.15, -0.1) is 0 Å². The van der Waals surface area contributed by atoms with E-state index in [0.29, 0.717) is 24.0 Å². The van der Waals surface area contributed by atoms with Crippen LogP contribution in [-0.4, -0.2) is 52.8 Å². The molecule has 4 N–H and O–H groups in total. The summed E-state index contributed by atoms with van der Waals surface area (Å²) in [4.78, 5) is 37.8. The molecular formula is C33H49N3O5. The van der Waals surface area contributed by atoms with Crippen molar-refractivity contribution in [2.45, 2.75) is 97.5 Å². The van der Waals surface area contributed by atoms with Gasteiger partial charge in [0.05, 0.1) is 18.4 Å². The molecule has 0 aliphatic heterocycles. The highest BCUT2D eigenvalue weighted by Gasteiger charge is 2.64. The van der Waals surface area contributed by atoms with Gasteiger partial charge in [-0.3, -0.25) is 14.4 Å². The number of nitrogens with one attached hydrogen (secondary N) is 2. The lowest BCUT2D eigenvalue weighted by Crippen LogP contribution is -2.56. The number of nitrogens with zero attached hydrogens (tertiary/aromatic N) is 1. The predicted molar refractivity (Wildman–Crippen MR) is 158 cm³/mol. The largest absolute Gasteiger partial charge is 0.393 e. The lowest BCUT2D eigenvalue weighted by molar-refractivity contribution is -0.142. The van der Waals surface area contributed by atoms with Crippen molar-refractivity contribution in [3.8, 4) is 0 Å². The van der Waals surface area contributed by atoms with Gasteiger partial charge in [0.15, 0.2) is 5.78 Å². The van der Waals surface area contributed by atoms with Gasteiger partial charge in [0.2, 0.25) is 5.91 Å². The fraction of sp³-hybridized carbons (Fsp3) is 0.758. The Hall–Kier alpha value is -2.32. The Morgan fingerprint density at radius 2 is 1.78 bits per heavy atom. The third kappa shape index (κ3) is 5.71. The average molecular weight is 568 g/mol. The van der Waals surface area contributed by atoms with Crippen LogP contribution in [0.3, 0.4) is 0 Å². The second-order valence-corrected chi connectivity index (χ2v) is 14.0. The van der Waals surface area contributed by atoms with Crippen molar-refractivity contribution < 1.29 is 24.6 Å². The Labute approximate surface area is 244 Å². The number of hydrazone groups is 1. The van der Waals surface area contributed by atoms with Gasteiger partial charge in [-0.25, -0.2) is 5.43 Å². The minimum atomic E-state index is -0.543. The van der Waals surface area contributed by atoms with E-state index in [4.69, 9.17) is 0 Å². The molecule has 5 aliphatic carbocycles. The predicted octanol–water partition coefficient (Wildman–Crippen LogP) is 4.07. The molecule has 5 aliphatic rings. The van der Waals surface area contributed by atoms with E-state index in [1.807, 2.05) is 12.2 Å². The van der Waals surface area contributed by atoms with Crippen LogP contribution in [0.5, 0.6) is 0 Å². The molecule has 0 saturated heterocycles. The lowest BCUT2D eigenvalue weighted by atomic mass is 9.46. The van der Waals surface area contributed by atoms with Crippen molar-refractivity contribution in [3.63, 3.8) is 0 Å². The summed E-state index contributed by atoms with van der Waals surface area (Å²) >= 11 is 0. The SMILES string of the molecule is C[C@@H]1CC2[C@@H]3CCC4=C/C(=N/NC(=O)CNC(=O)C5CCCCCCC5)C=C[C@]4(C)C3[C@@H](O)C[C@]2(C)[C@H]1C(=O)CO. The zero-order valence-electron chi connectivity index (χ0n) is 25.0. The molecule has 8 nitrogen and oxygen atoms in total. The second kappa shape index (κ2) is 12.1. The van der Waals surface area contributed by atoms with Crippen LogP contribution >= 0.6 is 0 Å². The molecule has 4 saturated carbocycles. The summed E-state index contributed by atoms with van der Waals surface area (Å²) in [5.41, 5.74) is 3.86. The van der Waals surface area contributed by atoms with Gasteiger partial charge >= 0.3 is 0 Å². The van der Waals surface area contributed by atoms with Crippen molar-refractivity contribution >= 4 is 23.3 Å². The number of rotatable bonds is 6. The molecule has 0 aromatic rings. The van der Waals surface area contributed by atoms with E-state index in [9.17, 15) is 24.6 Å². The van der Waals surface area contributed by atoms with Gasteiger partial charge in [0.1, 0.15) is 6.61 Å². The number of fused-ring (bicyclic) bond motifs is 5. The lowest BCUT2D eigenvalue weighted by Gasteiger charge is -2.58. The summed E-state index contributed by atoms with van der Waals surface area (Å²) in [6.45, 7) is 5.98. The van der Waals surface area contributed by atoms with E-state index in [1.165, 1.54) is 24.8 Å². The molecule has 0 bridgehead atoms. The number of hydrogen-bond acceptors (Lipinski definition) is 6. The van der Waals surface area contributed by atoms with Crippen molar-refractivity contribution in [1.29, 1.82) is 0 Å². The van der Waals surface area contributed by atoms with Crippen molar-refractivity contribution in [2.24, 2.45) is 51.4 Å². The van der Waals surface area contributed by atoms with E-state index in [1.54, 1.807) is 0 Å². The maximum atomic E-state index is 12.7. The zero-order valence-corrected chi connectivity index (χ0v) is 25.0. The molecule has 0 heterocycles. The fourth-order valence-electron chi connectivity index (χ4n) is 9.75. The molecule has 5 rings (SSSR count). The van der Waals surface area contributed by atoms with Crippen LogP contribution in [0.1, 0.15) is 91.4 Å². The molecule has 0 aromatic heterocycles. The maximum absolute atomic E-state index is 12.7. The number of aliphatic hydroxyl groups is 2. The first-order chi connectivity index (χ1) is 19.6. The van der Waals surface area contributed by atoms with E-state index >= 15 is 0 Å². The number of ketones is 1. The number of carbonyl (C=O) groups excluding carboxylic acids is 3. The quantitative estimate of drug-likeness (QED) is 0.360. The summed E-state index contributed by atoms with van der Waals surface area (Å²) in [5.74, 6) is 0.212. The molecule has 4 fully saturated rings. The summed E-state index contributed by atoms with van der Waals surface area (Å²) < 4.78 is 0. The zero-order chi connectivity index (χ0) is 29.4. The van der Waals surface area contributed by atoms with Crippen molar-refractivity contribution in [3.05, 3.63) is 23.8 Å². The van der Waals surface area contributed by atoms with Crippen LogP contribution in [0, 0.1) is 46.3 Å². The first-order valence-electron chi connectivity index (χ1n) is 15.9. The summed E-state index contributed by atoms with van der Waals surface area (Å²) in [6.07, 6.45) is 16.4. The monoisotopic (exact) mass is 567 g/mol. The highest BCUT2D eigenvalue weighted by atomic mass is 16.3. The first-order valence-corrected chi connectivity index (χ1v) is 15.9. The van der Waals surface area contributed by atoms with E-state index in [0.717, 1.165) is 44.9 Å². The highest BCUT2D eigenvalue weighted by Crippen LogP contribution is 2.67. The minimum Gasteiger partial charge on any atom is -0.393 e. The minimum absolute atomic E-state index is 0.00488. The van der Waals surface area contributed by atoms with Gasteiger partial charge in [-0.1, -0.05) is 64.5 Å². The van der Waals surface area contributed by atoms with Gasteiger partial charge in [-0.05, 0) is 73.8 Å². The average Bonchev–Trinajstić information content (AvgIpc) is 3.18. The number of allylic oxidation sites excluding steroid dienone is 4. The van der Waals surface area contributed by atoms with Crippen molar-refractivity contribution in [1.82, 2.24) is 10.7 Å². The molecule has 2 amide bonds. The summed E-state index contributed by atoms with van der Waals surface area (Å²) in [6, 6.07) is 0. The van der Waals surface area contributed by atoms with Crippen LogP contribution in [0.25, 0.3) is 0 Å². The number of carbonyl (C=O) groups is 3. The molecular weight excluding hydrogens is 518 g/mol. The standard InChI is InChI=1S/C33H49N3O5/c1-20-15-25-24-12-11-22-16-23(35-36-28(40)18-34-31(41)21-9-7-5-4-6-8-10-21)13-14-32(22,2)30(24)26(38)17-33(25,3)29(20)27(39)19-37/h13-14,16,20-21,24-26,29-30,37-38H,4-12,15,17-19H2,1-3H3,(H,34,41)(H,36,40)/b35-23+/t20-,24+,25?,26+,29-,30?,32+,33+/m1/s1. The van der Waals surface area contributed by atoms with Crippen LogP contribution in [0.2, 0.25) is 0 Å². The number of Topliss-reactive ketones (excluding diaryl/α,β-unsaturated/α-hetero) is 1. The van der Waals surface area contributed by atoms with E-state index in [-0.39, 0.29) is 58.6 Å². The van der Waals surface area contributed by atoms with Crippen LogP contribution < -0.4 is 10.7 Å². The molecule has 8 heteroatoms. The summed E-state index contributed by atoms with van der Waals surface area (Å²) in [7, 11) is 0. The fourth-order valence-corrected chi connectivity index (χ4v) is 9.75. The van der Waals surface area contributed by atoms with Gasteiger partial charge in [0.25, 0.3) is 5.91 Å². The molecule has 0 aromatic carbocycles. The molecule has 2 unspecified atom stereocenters. The van der Waals surface area contributed by atoms with Crippen LogP contribution in [0.15, 0.2) is 28.9 Å². The second-order valence-electron chi connectivity index (χ2n) is 14.0. The topological polar surface area (TPSA) is 128 Å². The summed E-state index contributed by atoms with van der Waals surface area (Å²) in [5, 5.41) is 28.4. The highest BCUT2D eigenvalue weighted by molar-refractivity contribution is 6.06. The number of amides is 2. The van der Waals surface area contributed by atoms with Gasteiger partial charge in [-0.2, -0.15) is 5.10 Å². The Kier molecular flexibility index (Phi) is 8.91. The molecule has 41 heavy (non-hydrogen) atoms. The van der Waals surface area contributed by atoms with Gasteiger partial charge in [0, 0.05) is 23.2 Å². The van der Waals surface area contributed by atoms with E-state index < -0.39 is 12.7 Å². The van der Waals surface area contributed by atoms with Crippen LogP contribution in [0.4, 0.5) is 0 Å².